The Morgan fingerprint density at radius 2 is 2.00 bits per heavy atom. The van der Waals surface area contributed by atoms with Gasteiger partial charge in [-0.15, -0.1) is 0 Å². The summed E-state index contributed by atoms with van der Waals surface area (Å²) in [6, 6.07) is 6.13. The summed E-state index contributed by atoms with van der Waals surface area (Å²) in [6.07, 6.45) is 1.64. The van der Waals surface area contributed by atoms with Gasteiger partial charge in [0.15, 0.2) is 0 Å². The average molecular weight is 304 g/mol. The molecule has 2 unspecified atom stereocenters. The summed E-state index contributed by atoms with van der Waals surface area (Å²) in [6.45, 7) is 10.6. The summed E-state index contributed by atoms with van der Waals surface area (Å²) in [7, 11) is 0. The van der Waals surface area contributed by atoms with Crippen molar-refractivity contribution >= 4 is 6.09 Å². The van der Waals surface area contributed by atoms with Gasteiger partial charge < -0.3 is 15.4 Å². The molecule has 1 aromatic carbocycles. The normalized spacial score (nSPS) is 20.1. The summed E-state index contributed by atoms with van der Waals surface area (Å²) in [5, 5.41) is 0. The highest BCUT2D eigenvalue weighted by Gasteiger charge is 2.36. The topological polar surface area (TPSA) is 55.6 Å². The maximum atomic E-state index is 12.4. The van der Waals surface area contributed by atoms with Crippen LogP contribution in [0.2, 0.25) is 0 Å². The van der Waals surface area contributed by atoms with E-state index >= 15 is 0 Å². The molecule has 1 aliphatic rings. The lowest BCUT2D eigenvalue weighted by atomic mass is 9.95. The third-order valence-electron chi connectivity index (χ3n) is 4.26. The minimum atomic E-state index is -0.477. The molecule has 0 radical (unpaired) electrons. The van der Waals surface area contributed by atoms with Gasteiger partial charge in [-0.1, -0.05) is 18.2 Å². The molecule has 0 spiro atoms. The first-order valence-corrected chi connectivity index (χ1v) is 8.01. The monoisotopic (exact) mass is 304 g/mol. The van der Waals surface area contributed by atoms with Crippen LogP contribution in [-0.2, 0) is 4.74 Å². The Morgan fingerprint density at radius 3 is 2.59 bits per heavy atom. The second kappa shape index (κ2) is 6.29. The second-order valence-electron chi connectivity index (χ2n) is 7.25. The van der Waals surface area contributed by atoms with Crippen LogP contribution in [0.15, 0.2) is 18.2 Å². The highest BCUT2D eigenvalue weighted by molar-refractivity contribution is 5.69. The number of nitrogens with two attached hydrogens (primary N) is 1. The fourth-order valence-electron chi connectivity index (χ4n) is 2.91. The fourth-order valence-corrected chi connectivity index (χ4v) is 2.91. The molecule has 1 aromatic rings. The standard InChI is InChI=1S/C18H28N2O2/c1-12-8-9-14(11-13(12)2)16(19)15-7-6-10-20(15)17(21)22-18(3,4)5/h8-9,11,15-16H,6-7,10,19H2,1-5H3. The number of amides is 1. The van der Waals surface area contributed by atoms with Gasteiger partial charge in [0.05, 0.1) is 12.1 Å². The Hall–Kier alpha value is -1.55. The van der Waals surface area contributed by atoms with Gasteiger partial charge in [-0.05, 0) is 64.2 Å². The zero-order valence-corrected chi connectivity index (χ0v) is 14.3. The number of carbonyl (C=O) groups is 1. The van der Waals surface area contributed by atoms with E-state index in [0.29, 0.717) is 0 Å². The van der Waals surface area contributed by atoms with E-state index in [1.807, 2.05) is 20.8 Å². The van der Waals surface area contributed by atoms with Crippen molar-refractivity contribution in [1.82, 2.24) is 4.90 Å². The Labute approximate surface area is 133 Å². The molecule has 1 fully saturated rings. The molecule has 2 rings (SSSR count). The van der Waals surface area contributed by atoms with Crippen molar-refractivity contribution in [3.05, 3.63) is 34.9 Å². The number of carbonyl (C=O) groups excluding carboxylic acids is 1. The molecule has 0 aromatic heterocycles. The highest BCUT2D eigenvalue weighted by atomic mass is 16.6. The summed E-state index contributed by atoms with van der Waals surface area (Å²) in [5.41, 5.74) is 9.56. The summed E-state index contributed by atoms with van der Waals surface area (Å²) in [5.74, 6) is 0. The van der Waals surface area contributed by atoms with Crippen LogP contribution in [0.5, 0.6) is 0 Å². The Balaban J connectivity index is 2.15. The van der Waals surface area contributed by atoms with Crippen LogP contribution in [0.25, 0.3) is 0 Å². The van der Waals surface area contributed by atoms with Crippen molar-refractivity contribution < 1.29 is 9.53 Å². The maximum absolute atomic E-state index is 12.4. The Bertz CT molecular complexity index is 549. The number of aryl methyl sites for hydroxylation is 2. The summed E-state index contributed by atoms with van der Waals surface area (Å²) >= 11 is 0. The summed E-state index contributed by atoms with van der Waals surface area (Å²) < 4.78 is 5.51. The minimum absolute atomic E-state index is 0.0111. The first-order chi connectivity index (χ1) is 10.2. The Kier molecular flexibility index (Phi) is 4.81. The van der Waals surface area contributed by atoms with Crippen LogP contribution in [0.1, 0.15) is 56.3 Å². The fraction of sp³-hybridized carbons (Fsp3) is 0.611. The van der Waals surface area contributed by atoms with Gasteiger partial charge in [-0.2, -0.15) is 0 Å². The lowest BCUT2D eigenvalue weighted by molar-refractivity contribution is 0.0206. The predicted octanol–water partition coefficient (Wildman–Crippen LogP) is 3.70. The molecule has 0 saturated carbocycles. The number of rotatable bonds is 2. The van der Waals surface area contributed by atoms with E-state index in [0.717, 1.165) is 24.9 Å². The number of nitrogens with zero attached hydrogens (tertiary/aromatic N) is 1. The number of hydrogen-bond acceptors (Lipinski definition) is 3. The highest BCUT2D eigenvalue weighted by Crippen LogP contribution is 2.30. The molecule has 1 heterocycles. The third kappa shape index (κ3) is 3.80. The first kappa shape index (κ1) is 16.8. The van der Waals surface area contributed by atoms with E-state index in [9.17, 15) is 4.79 Å². The molecule has 22 heavy (non-hydrogen) atoms. The van der Waals surface area contributed by atoms with Gasteiger partial charge in [0.25, 0.3) is 0 Å². The molecule has 2 N–H and O–H groups in total. The van der Waals surface area contributed by atoms with Crippen molar-refractivity contribution in [3.8, 4) is 0 Å². The molecular weight excluding hydrogens is 276 g/mol. The summed E-state index contributed by atoms with van der Waals surface area (Å²) in [4.78, 5) is 14.2. The number of likely N-dealkylation sites (tertiary alicyclic amines) is 1. The van der Waals surface area contributed by atoms with E-state index < -0.39 is 5.60 Å². The number of ether oxygens (including phenoxy) is 1. The van der Waals surface area contributed by atoms with Gasteiger partial charge in [0, 0.05) is 6.54 Å². The molecule has 2 atom stereocenters. The van der Waals surface area contributed by atoms with Crippen LogP contribution in [0.3, 0.4) is 0 Å². The van der Waals surface area contributed by atoms with Crippen molar-refractivity contribution in [2.24, 2.45) is 5.73 Å². The van der Waals surface area contributed by atoms with Crippen LogP contribution in [-0.4, -0.2) is 29.2 Å². The molecule has 4 nitrogen and oxygen atoms in total. The molecule has 1 amide bonds. The van der Waals surface area contributed by atoms with Gasteiger partial charge in [-0.25, -0.2) is 4.79 Å². The van der Waals surface area contributed by atoms with Crippen molar-refractivity contribution in [2.45, 2.75) is 65.1 Å². The van der Waals surface area contributed by atoms with Gasteiger partial charge in [-0.3, -0.25) is 0 Å². The van der Waals surface area contributed by atoms with E-state index in [4.69, 9.17) is 10.5 Å². The molecule has 4 heteroatoms. The minimum Gasteiger partial charge on any atom is -0.444 e. The van der Waals surface area contributed by atoms with Crippen molar-refractivity contribution in [2.75, 3.05) is 6.54 Å². The van der Waals surface area contributed by atoms with Gasteiger partial charge >= 0.3 is 6.09 Å². The molecule has 0 aliphatic carbocycles. The lowest BCUT2D eigenvalue weighted by Gasteiger charge is -2.32. The SMILES string of the molecule is Cc1ccc(C(N)C2CCCN2C(=O)OC(C)(C)C)cc1C. The van der Waals surface area contributed by atoms with Gasteiger partial charge in [0.1, 0.15) is 5.60 Å². The molecule has 1 aliphatic heterocycles. The van der Waals surface area contributed by atoms with E-state index in [2.05, 4.69) is 32.0 Å². The van der Waals surface area contributed by atoms with Crippen LogP contribution >= 0.6 is 0 Å². The van der Waals surface area contributed by atoms with Crippen molar-refractivity contribution in [1.29, 1.82) is 0 Å². The van der Waals surface area contributed by atoms with Gasteiger partial charge in [0.2, 0.25) is 0 Å². The van der Waals surface area contributed by atoms with E-state index in [1.165, 1.54) is 11.1 Å². The maximum Gasteiger partial charge on any atom is 0.410 e. The molecule has 1 saturated heterocycles. The van der Waals surface area contributed by atoms with Crippen LogP contribution in [0.4, 0.5) is 4.79 Å². The largest absolute Gasteiger partial charge is 0.444 e. The smallest absolute Gasteiger partial charge is 0.410 e. The zero-order chi connectivity index (χ0) is 16.5. The van der Waals surface area contributed by atoms with Crippen molar-refractivity contribution in [3.63, 3.8) is 0 Å². The quantitative estimate of drug-likeness (QED) is 0.906. The average Bonchev–Trinajstić information content (AvgIpc) is 2.88. The van der Waals surface area contributed by atoms with E-state index in [-0.39, 0.29) is 18.2 Å². The molecule has 122 valence electrons. The zero-order valence-electron chi connectivity index (χ0n) is 14.3. The first-order valence-electron chi connectivity index (χ1n) is 8.01. The van der Waals surface area contributed by atoms with Crippen LogP contribution < -0.4 is 5.73 Å². The lowest BCUT2D eigenvalue weighted by Crippen LogP contribution is -2.44. The van der Waals surface area contributed by atoms with E-state index in [1.54, 1.807) is 4.90 Å². The predicted molar refractivity (Wildman–Crippen MR) is 88.8 cm³/mol. The molecule has 0 bridgehead atoms. The number of hydrogen-bond donors (Lipinski definition) is 1. The second-order valence-corrected chi connectivity index (χ2v) is 7.25. The number of benzene rings is 1. The van der Waals surface area contributed by atoms with Crippen LogP contribution in [0, 0.1) is 13.8 Å². The molecular formula is C18H28N2O2. The third-order valence-corrected chi connectivity index (χ3v) is 4.26. The Morgan fingerprint density at radius 1 is 1.32 bits per heavy atom.